The Labute approximate surface area is 238 Å². The molecule has 4 fully saturated rings. The standard InChI is InChI=1S/2C14H20N2.C4H6O4/c2*1-12-9-16(14(12)7-8-15-11-14)10-13-5-3-2-4-6-13;1-3(8-7)2-4(5)6/h2*2-6,12,15H,7-11H2,1H3;7H,1-2H2,(H,5,6)/t2*12-,14-;/m00./s1. The van der Waals surface area contributed by atoms with Gasteiger partial charge >= 0.3 is 5.97 Å². The largest absolute Gasteiger partial charge is 0.481 e. The Balaban J connectivity index is 0.000000148. The van der Waals surface area contributed by atoms with E-state index in [1.807, 2.05) is 0 Å². The molecule has 0 amide bonds. The van der Waals surface area contributed by atoms with E-state index < -0.39 is 5.97 Å². The van der Waals surface area contributed by atoms with Gasteiger partial charge in [-0.3, -0.25) is 14.6 Å². The van der Waals surface area contributed by atoms with E-state index in [0.29, 0.717) is 11.1 Å². The average Bonchev–Trinajstić information content (AvgIpc) is 3.68. The highest BCUT2D eigenvalue weighted by atomic mass is 17.1. The van der Waals surface area contributed by atoms with Crippen LogP contribution in [0.3, 0.4) is 0 Å². The van der Waals surface area contributed by atoms with Crippen LogP contribution in [0.15, 0.2) is 73.0 Å². The molecule has 4 heterocycles. The van der Waals surface area contributed by atoms with Crippen LogP contribution in [0.4, 0.5) is 0 Å². The first-order chi connectivity index (χ1) is 19.3. The van der Waals surface area contributed by atoms with Gasteiger partial charge in [-0.05, 0) is 48.9 Å². The van der Waals surface area contributed by atoms with Crippen molar-refractivity contribution in [1.82, 2.24) is 20.4 Å². The fraction of sp³-hybridized carbons (Fsp3) is 0.531. The highest BCUT2D eigenvalue weighted by Gasteiger charge is 2.52. The molecule has 4 saturated heterocycles. The van der Waals surface area contributed by atoms with Crippen molar-refractivity contribution in [2.75, 3.05) is 39.3 Å². The molecule has 2 aromatic rings. The van der Waals surface area contributed by atoms with Crippen LogP contribution in [0.1, 0.15) is 44.2 Å². The molecule has 40 heavy (non-hydrogen) atoms. The summed E-state index contributed by atoms with van der Waals surface area (Å²) in [5.74, 6) is 0.457. The number of nitrogens with one attached hydrogen (secondary N) is 2. The van der Waals surface area contributed by atoms with Crippen molar-refractivity contribution in [2.24, 2.45) is 11.8 Å². The zero-order chi connectivity index (χ0) is 28.6. The minimum absolute atomic E-state index is 0.169. The topological polar surface area (TPSA) is 97.3 Å². The second-order valence-corrected chi connectivity index (χ2v) is 11.8. The molecule has 4 atom stereocenters. The zero-order valence-corrected chi connectivity index (χ0v) is 24.0. The lowest BCUT2D eigenvalue weighted by Gasteiger charge is -2.56. The molecule has 0 aliphatic carbocycles. The second-order valence-electron chi connectivity index (χ2n) is 11.8. The van der Waals surface area contributed by atoms with Gasteiger partial charge in [-0.1, -0.05) is 81.1 Å². The van der Waals surface area contributed by atoms with Crippen LogP contribution < -0.4 is 10.6 Å². The Kier molecular flexibility index (Phi) is 10.4. The van der Waals surface area contributed by atoms with Crippen LogP contribution >= 0.6 is 0 Å². The van der Waals surface area contributed by atoms with Crippen molar-refractivity contribution in [3.63, 3.8) is 0 Å². The first-order valence-electron chi connectivity index (χ1n) is 14.5. The van der Waals surface area contributed by atoms with Gasteiger partial charge in [0.1, 0.15) is 12.2 Å². The molecule has 0 aromatic heterocycles. The summed E-state index contributed by atoms with van der Waals surface area (Å²) in [6, 6.07) is 21.7. The molecule has 4 aliphatic heterocycles. The maximum absolute atomic E-state index is 9.72. The Morgan fingerprint density at radius 1 is 0.875 bits per heavy atom. The second kappa shape index (κ2) is 13.7. The molecule has 0 bridgehead atoms. The van der Waals surface area contributed by atoms with Crippen molar-refractivity contribution in [1.29, 1.82) is 0 Å². The predicted octanol–water partition coefficient (Wildman–Crippen LogP) is 4.21. The van der Waals surface area contributed by atoms with Gasteiger partial charge in [-0.2, -0.15) is 0 Å². The highest BCUT2D eigenvalue weighted by molar-refractivity contribution is 5.69. The lowest BCUT2D eigenvalue weighted by molar-refractivity contribution is -0.206. The summed E-state index contributed by atoms with van der Waals surface area (Å²) in [5, 5.41) is 22.7. The van der Waals surface area contributed by atoms with Crippen molar-refractivity contribution >= 4 is 5.97 Å². The van der Waals surface area contributed by atoms with Crippen molar-refractivity contribution in [3.8, 4) is 0 Å². The van der Waals surface area contributed by atoms with Gasteiger partial charge in [0, 0.05) is 50.3 Å². The molecule has 0 radical (unpaired) electrons. The van der Waals surface area contributed by atoms with Crippen LogP contribution in [-0.2, 0) is 22.8 Å². The Hall–Kier alpha value is -2.75. The first kappa shape index (κ1) is 30.2. The summed E-state index contributed by atoms with van der Waals surface area (Å²) in [7, 11) is 0. The number of carboxylic acids is 1. The van der Waals surface area contributed by atoms with Crippen LogP contribution in [0, 0.1) is 11.8 Å². The van der Waals surface area contributed by atoms with Gasteiger partial charge in [0.15, 0.2) is 0 Å². The summed E-state index contributed by atoms with van der Waals surface area (Å²) in [5.41, 5.74) is 3.83. The molecule has 8 heteroatoms. The molecule has 4 aliphatic rings. The number of nitrogens with zero attached hydrogens (tertiary/aromatic N) is 2. The van der Waals surface area contributed by atoms with Crippen molar-refractivity contribution in [2.45, 2.75) is 57.3 Å². The van der Waals surface area contributed by atoms with E-state index in [4.69, 9.17) is 10.4 Å². The summed E-state index contributed by atoms with van der Waals surface area (Å²) in [6.45, 7) is 17.4. The quantitative estimate of drug-likeness (QED) is 0.231. The van der Waals surface area contributed by atoms with E-state index in [9.17, 15) is 4.79 Å². The van der Waals surface area contributed by atoms with Crippen LogP contribution in [0.2, 0.25) is 0 Å². The van der Waals surface area contributed by atoms with E-state index >= 15 is 0 Å². The fourth-order valence-electron chi connectivity index (χ4n) is 6.79. The molecular weight excluding hydrogens is 504 g/mol. The van der Waals surface area contributed by atoms with Crippen molar-refractivity contribution in [3.05, 3.63) is 84.1 Å². The molecule has 2 spiro atoms. The molecule has 4 N–H and O–H groups in total. The fourth-order valence-corrected chi connectivity index (χ4v) is 6.79. The summed E-state index contributed by atoms with van der Waals surface area (Å²) in [4.78, 5) is 18.5. The molecular formula is C32H46N4O4. The number of likely N-dealkylation sites (tertiary alicyclic amines) is 2. The minimum atomic E-state index is -1.08. The van der Waals surface area contributed by atoms with Gasteiger partial charge < -0.3 is 20.6 Å². The van der Waals surface area contributed by atoms with Crippen LogP contribution in [-0.4, -0.2) is 76.5 Å². The SMILES string of the molecule is C=C(CC(=O)O)OO.C[C@H]1CN(Cc2ccccc2)[C@]12CCNC2.C[C@H]1CN(Cc2ccccc2)[C@]12CCNC2. The Morgan fingerprint density at radius 2 is 1.30 bits per heavy atom. The van der Waals surface area contributed by atoms with Crippen LogP contribution in [0.25, 0.3) is 0 Å². The van der Waals surface area contributed by atoms with E-state index in [1.165, 1.54) is 63.2 Å². The van der Waals surface area contributed by atoms with Gasteiger partial charge in [-0.15, -0.1) is 0 Å². The molecule has 8 nitrogen and oxygen atoms in total. The van der Waals surface area contributed by atoms with Gasteiger partial charge in [0.2, 0.25) is 0 Å². The number of rotatable bonds is 7. The molecule has 0 saturated carbocycles. The number of hydrogen-bond acceptors (Lipinski definition) is 7. The maximum Gasteiger partial charge on any atom is 0.311 e. The monoisotopic (exact) mass is 550 g/mol. The molecule has 6 rings (SSSR count). The lowest BCUT2D eigenvalue weighted by atomic mass is 9.74. The zero-order valence-electron chi connectivity index (χ0n) is 24.0. The van der Waals surface area contributed by atoms with E-state index in [2.05, 4.69) is 106 Å². The summed E-state index contributed by atoms with van der Waals surface area (Å²) < 4.78 is 0. The third-order valence-electron chi connectivity index (χ3n) is 9.32. The Morgan fingerprint density at radius 3 is 1.57 bits per heavy atom. The van der Waals surface area contributed by atoms with E-state index in [0.717, 1.165) is 24.9 Å². The lowest BCUT2D eigenvalue weighted by Crippen LogP contribution is -2.66. The molecule has 218 valence electrons. The summed E-state index contributed by atoms with van der Waals surface area (Å²) >= 11 is 0. The number of carbonyl (C=O) groups is 1. The van der Waals surface area contributed by atoms with Gasteiger partial charge in [0.05, 0.1) is 0 Å². The Bertz CT molecular complexity index is 1010. The number of benzene rings is 2. The van der Waals surface area contributed by atoms with Gasteiger partial charge in [-0.25, -0.2) is 5.26 Å². The van der Waals surface area contributed by atoms with Crippen molar-refractivity contribution < 1.29 is 20.0 Å². The van der Waals surface area contributed by atoms with Gasteiger partial charge in [0.25, 0.3) is 0 Å². The smallest absolute Gasteiger partial charge is 0.311 e. The minimum Gasteiger partial charge on any atom is -0.481 e. The van der Waals surface area contributed by atoms with E-state index in [1.54, 1.807) is 0 Å². The third-order valence-corrected chi connectivity index (χ3v) is 9.32. The predicted molar refractivity (Wildman–Crippen MR) is 158 cm³/mol. The summed E-state index contributed by atoms with van der Waals surface area (Å²) in [6.07, 6.45) is 2.28. The first-order valence-corrected chi connectivity index (χ1v) is 14.5. The molecule has 2 aromatic carbocycles. The van der Waals surface area contributed by atoms with Crippen LogP contribution in [0.5, 0.6) is 0 Å². The normalized spacial score (nSPS) is 29.0. The highest BCUT2D eigenvalue weighted by Crippen LogP contribution is 2.42. The van der Waals surface area contributed by atoms with E-state index in [-0.39, 0.29) is 12.2 Å². The third kappa shape index (κ3) is 6.93. The number of aliphatic carboxylic acids is 1. The molecule has 0 unspecified atom stereocenters. The number of carboxylic acid groups (broad SMARTS) is 1. The number of hydrogen-bond donors (Lipinski definition) is 4. The maximum atomic E-state index is 9.72. The average molecular weight is 551 g/mol.